The lowest BCUT2D eigenvalue weighted by atomic mass is 10.2. The molecule has 0 saturated carbocycles. The van der Waals surface area contributed by atoms with E-state index in [0.29, 0.717) is 11.5 Å². The van der Waals surface area contributed by atoms with Crippen LogP contribution in [-0.4, -0.2) is 25.7 Å². The van der Waals surface area contributed by atoms with Crippen molar-refractivity contribution >= 4 is 18.0 Å². The van der Waals surface area contributed by atoms with Gasteiger partial charge in [-0.25, -0.2) is 0 Å². The van der Waals surface area contributed by atoms with E-state index in [1.807, 2.05) is 0 Å². The highest BCUT2D eigenvalue weighted by Gasteiger charge is 2.13. The number of hydrogen-bond acceptors (Lipinski definition) is 5. The Balaban J connectivity index is 2.78. The first kappa shape index (κ1) is 16.8. The van der Waals surface area contributed by atoms with Crippen molar-refractivity contribution in [2.24, 2.45) is 5.92 Å². The molecule has 21 heavy (non-hydrogen) atoms. The van der Waals surface area contributed by atoms with Gasteiger partial charge in [0.15, 0.2) is 11.5 Å². The molecular formula is C16H20O5. The van der Waals surface area contributed by atoms with Crippen LogP contribution in [0.5, 0.6) is 11.5 Å². The molecule has 0 aliphatic heterocycles. The summed E-state index contributed by atoms with van der Waals surface area (Å²) < 4.78 is 15.3. The third kappa shape index (κ3) is 5.69. The molecule has 0 fully saturated rings. The Morgan fingerprint density at radius 3 is 2.52 bits per heavy atom. The van der Waals surface area contributed by atoms with Gasteiger partial charge in [-0.2, -0.15) is 0 Å². The summed E-state index contributed by atoms with van der Waals surface area (Å²) in [7, 11) is 1.51. The van der Waals surface area contributed by atoms with Crippen molar-refractivity contribution in [1.29, 1.82) is 0 Å². The quantitative estimate of drug-likeness (QED) is 0.596. The Hall–Kier alpha value is -2.30. The van der Waals surface area contributed by atoms with Crippen LogP contribution >= 0.6 is 0 Å². The van der Waals surface area contributed by atoms with Crippen LogP contribution in [0.15, 0.2) is 24.3 Å². The number of esters is 2. The third-order valence-corrected chi connectivity index (χ3v) is 2.56. The van der Waals surface area contributed by atoms with Crippen molar-refractivity contribution in [2.75, 3.05) is 13.7 Å². The first-order valence-electron chi connectivity index (χ1n) is 6.63. The number of rotatable bonds is 6. The minimum absolute atomic E-state index is 0.210. The number of benzene rings is 1. The van der Waals surface area contributed by atoms with Crippen molar-refractivity contribution < 1.29 is 23.8 Å². The highest BCUT2D eigenvalue weighted by atomic mass is 16.6. The summed E-state index contributed by atoms with van der Waals surface area (Å²) in [6, 6.07) is 5.20. The van der Waals surface area contributed by atoms with Crippen molar-refractivity contribution in [3.05, 3.63) is 29.8 Å². The lowest BCUT2D eigenvalue weighted by Crippen LogP contribution is -2.15. The predicted molar refractivity (Wildman–Crippen MR) is 79.1 cm³/mol. The van der Waals surface area contributed by atoms with E-state index in [9.17, 15) is 9.59 Å². The average molecular weight is 292 g/mol. The van der Waals surface area contributed by atoms with Gasteiger partial charge in [-0.1, -0.05) is 26.0 Å². The van der Waals surface area contributed by atoms with Gasteiger partial charge in [0, 0.05) is 6.92 Å². The molecular weight excluding hydrogens is 272 g/mol. The van der Waals surface area contributed by atoms with Crippen LogP contribution in [0, 0.1) is 5.92 Å². The molecule has 0 atom stereocenters. The lowest BCUT2D eigenvalue weighted by molar-refractivity contribution is -0.140. The van der Waals surface area contributed by atoms with Gasteiger partial charge in [0.2, 0.25) is 0 Å². The van der Waals surface area contributed by atoms with Gasteiger partial charge >= 0.3 is 11.9 Å². The predicted octanol–water partition coefficient (Wildman–Crippen LogP) is 2.83. The van der Waals surface area contributed by atoms with E-state index in [1.165, 1.54) is 14.0 Å². The zero-order chi connectivity index (χ0) is 15.8. The fraction of sp³-hybridized carbons (Fsp3) is 0.375. The maximum atomic E-state index is 11.6. The van der Waals surface area contributed by atoms with Crippen LogP contribution < -0.4 is 9.47 Å². The van der Waals surface area contributed by atoms with Crippen LogP contribution in [0.4, 0.5) is 0 Å². The van der Waals surface area contributed by atoms with E-state index in [2.05, 4.69) is 0 Å². The van der Waals surface area contributed by atoms with Crippen LogP contribution in [0.2, 0.25) is 0 Å². The van der Waals surface area contributed by atoms with Gasteiger partial charge in [-0.3, -0.25) is 9.59 Å². The second-order valence-corrected chi connectivity index (χ2v) is 4.69. The monoisotopic (exact) mass is 292 g/mol. The topological polar surface area (TPSA) is 61.8 Å². The number of methoxy groups -OCH3 is 1. The van der Waals surface area contributed by atoms with E-state index in [4.69, 9.17) is 14.2 Å². The van der Waals surface area contributed by atoms with Gasteiger partial charge < -0.3 is 14.2 Å². The third-order valence-electron chi connectivity index (χ3n) is 2.56. The van der Waals surface area contributed by atoms with Gasteiger partial charge in [-0.05, 0) is 23.8 Å². The maximum absolute atomic E-state index is 11.6. The average Bonchev–Trinajstić information content (AvgIpc) is 2.44. The molecule has 0 heterocycles. The molecule has 1 aromatic carbocycles. The maximum Gasteiger partial charge on any atom is 0.313 e. The molecule has 1 rings (SSSR count). The van der Waals surface area contributed by atoms with Crippen molar-refractivity contribution in [2.45, 2.75) is 20.8 Å². The summed E-state index contributed by atoms with van der Waals surface area (Å²) in [6.45, 7) is 5.10. The summed E-state index contributed by atoms with van der Waals surface area (Å²) in [5, 5.41) is 0. The van der Waals surface area contributed by atoms with Crippen LogP contribution in [0.25, 0.3) is 6.08 Å². The summed E-state index contributed by atoms with van der Waals surface area (Å²) in [4.78, 5) is 22.2. The molecule has 114 valence electrons. The van der Waals surface area contributed by atoms with E-state index >= 15 is 0 Å². The van der Waals surface area contributed by atoms with Crippen molar-refractivity contribution in [3.63, 3.8) is 0 Å². The first-order chi connectivity index (χ1) is 9.93. The minimum Gasteiger partial charge on any atom is -0.493 e. The molecule has 0 bridgehead atoms. The summed E-state index contributed by atoms with van der Waals surface area (Å²) in [5.74, 6) is 0.00427. The summed E-state index contributed by atoms with van der Waals surface area (Å²) >= 11 is 0. The lowest BCUT2D eigenvalue weighted by Gasteiger charge is -2.11. The fourth-order valence-electron chi connectivity index (χ4n) is 1.45. The van der Waals surface area contributed by atoms with Gasteiger partial charge in [0.05, 0.1) is 13.0 Å². The Bertz CT molecular complexity index is 531. The minimum atomic E-state index is -0.326. The molecule has 0 aliphatic rings. The van der Waals surface area contributed by atoms with Gasteiger partial charge in [0.25, 0.3) is 0 Å². The van der Waals surface area contributed by atoms with Crippen LogP contribution in [-0.2, 0) is 14.3 Å². The second-order valence-electron chi connectivity index (χ2n) is 4.69. The van der Waals surface area contributed by atoms with Gasteiger partial charge in [-0.15, -0.1) is 0 Å². The number of ether oxygens (including phenoxy) is 3. The van der Waals surface area contributed by atoms with Crippen molar-refractivity contribution in [1.82, 2.24) is 0 Å². The molecule has 5 nitrogen and oxygen atoms in total. The molecule has 0 aliphatic carbocycles. The molecule has 0 amide bonds. The summed E-state index contributed by atoms with van der Waals surface area (Å²) in [5.41, 5.74) is 0.850. The van der Waals surface area contributed by atoms with E-state index in [-0.39, 0.29) is 24.5 Å². The Morgan fingerprint density at radius 1 is 1.24 bits per heavy atom. The molecule has 0 saturated heterocycles. The normalized spacial score (nSPS) is 10.7. The zero-order valence-corrected chi connectivity index (χ0v) is 12.7. The molecule has 0 aromatic heterocycles. The molecule has 5 heteroatoms. The Kier molecular flexibility index (Phi) is 6.46. The number of hydrogen-bond donors (Lipinski definition) is 0. The first-order valence-corrected chi connectivity index (χ1v) is 6.63. The largest absolute Gasteiger partial charge is 0.493 e. The SMILES string of the molecule is COc1cc(/C=C/COC(C)=O)ccc1OC(=O)C(C)C. The molecule has 0 unspecified atom stereocenters. The standard InChI is InChI=1S/C16H20O5/c1-11(2)16(18)21-14-8-7-13(10-15(14)19-4)6-5-9-20-12(3)17/h5-8,10-11H,9H2,1-4H3/b6-5+. The van der Waals surface area contributed by atoms with E-state index in [0.717, 1.165) is 5.56 Å². The van der Waals surface area contributed by atoms with Gasteiger partial charge in [0.1, 0.15) is 6.61 Å². The highest BCUT2D eigenvalue weighted by Crippen LogP contribution is 2.29. The highest BCUT2D eigenvalue weighted by molar-refractivity contribution is 5.75. The van der Waals surface area contributed by atoms with E-state index in [1.54, 1.807) is 44.2 Å². The molecule has 0 radical (unpaired) electrons. The van der Waals surface area contributed by atoms with Crippen LogP contribution in [0.3, 0.4) is 0 Å². The molecule has 0 spiro atoms. The summed E-state index contributed by atoms with van der Waals surface area (Å²) in [6.07, 6.45) is 3.51. The number of carbonyl (C=O) groups excluding carboxylic acids is 2. The molecule has 0 N–H and O–H groups in total. The second kappa shape index (κ2) is 8.09. The zero-order valence-electron chi connectivity index (χ0n) is 12.7. The smallest absolute Gasteiger partial charge is 0.313 e. The Morgan fingerprint density at radius 2 is 1.95 bits per heavy atom. The van der Waals surface area contributed by atoms with Crippen molar-refractivity contribution in [3.8, 4) is 11.5 Å². The van der Waals surface area contributed by atoms with E-state index < -0.39 is 0 Å². The molecule has 1 aromatic rings. The Labute approximate surface area is 124 Å². The van der Waals surface area contributed by atoms with Crippen LogP contribution in [0.1, 0.15) is 26.3 Å². The number of carbonyl (C=O) groups is 2. The fourth-order valence-corrected chi connectivity index (χ4v) is 1.45.